The summed E-state index contributed by atoms with van der Waals surface area (Å²) >= 11 is 0. The summed E-state index contributed by atoms with van der Waals surface area (Å²) in [6.07, 6.45) is 0.305. The van der Waals surface area contributed by atoms with Gasteiger partial charge in [-0.25, -0.2) is 8.78 Å². The Balaban J connectivity index is 2.60. The van der Waals surface area contributed by atoms with Crippen LogP contribution in [0.3, 0.4) is 0 Å². The Morgan fingerprint density at radius 2 is 1.74 bits per heavy atom. The molecular formula is C16H16F2O. The molecule has 0 aliphatic heterocycles. The van der Waals surface area contributed by atoms with Crippen molar-refractivity contribution in [1.82, 2.24) is 0 Å². The van der Waals surface area contributed by atoms with Crippen molar-refractivity contribution in [2.45, 2.75) is 25.9 Å². The molecule has 0 saturated carbocycles. The molecule has 100 valence electrons. The fraction of sp³-hybridized carbons (Fsp3) is 0.250. The van der Waals surface area contributed by atoms with Crippen molar-refractivity contribution in [2.75, 3.05) is 0 Å². The Kier molecular flexibility index (Phi) is 3.67. The van der Waals surface area contributed by atoms with Crippen molar-refractivity contribution in [1.29, 1.82) is 0 Å². The zero-order chi connectivity index (χ0) is 14.0. The summed E-state index contributed by atoms with van der Waals surface area (Å²) in [4.78, 5) is 0. The van der Waals surface area contributed by atoms with Crippen LogP contribution < -0.4 is 0 Å². The first-order chi connectivity index (χ1) is 8.99. The van der Waals surface area contributed by atoms with Crippen molar-refractivity contribution in [3.63, 3.8) is 0 Å². The van der Waals surface area contributed by atoms with Crippen molar-refractivity contribution < 1.29 is 13.9 Å². The van der Waals surface area contributed by atoms with Crippen molar-refractivity contribution in [3.05, 3.63) is 70.8 Å². The predicted molar refractivity (Wildman–Crippen MR) is 70.8 cm³/mol. The van der Waals surface area contributed by atoms with Gasteiger partial charge in [0.2, 0.25) is 0 Å². The largest absolute Gasteiger partial charge is 0.380 e. The van der Waals surface area contributed by atoms with Gasteiger partial charge in [-0.3, -0.25) is 0 Å². The first kappa shape index (κ1) is 13.7. The van der Waals surface area contributed by atoms with E-state index >= 15 is 0 Å². The number of rotatable bonds is 3. The quantitative estimate of drug-likeness (QED) is 0.889. The molecular weight excluding hydrogens is 246 g/mol. The molecule has 0 fully saturated rings. The average molecular weight is 262 g/mol. The molecule has 3 heteroatoms. The Morgan fingerprint density at radius 1 is 1.05 bits per heavy atom. The molecule has 0 bridgehead atoms. The van der Waals surface area contributed by atoms with E-state index in [-0.39, 0.29) is 11.4 Å². The summed E-state index contributed by atoms with van der Waals surface area (Å²) in [7, 11) is 0. The van der Waals surface area contributed by atoms with E-state index in [4.69, 9.17) is 0 Å². The Hall–Kier alpha value is -1.74. The Labute approximate surface area is 111 Å². The zero-order valence-electron chi connectivity index (χ0n) is 11.0. The van der Waals surface area contributed by atoms with E-state index in [0.717, 1.165) is 0 Å². The van der Waals surface area contributed by atoms with E-state index in [2.05, 4.69) is 0 Å². The van der Waals surface area contributed by atoms with Crippen LogP contribution in [0.2, 0.25) is 0 Å². The van der Waals surface area contributed by atoms with Crippen molar-refractivity contribution in [3.8, 4) is 0 Å². The van der Waals surface area contributed by atoms with Gasteiger partial charge in [0.05, 0.1) is 0 Å². The highest BCUT2D eigenvalue weighted by Crippen LogP contribution is 2.34. The average Bonchev–Trinajstić information content (AvgIpc) is 2.41. The third-order valence-electron chi connectivity index (χ3n) is 3.47. The lowest BCUT2D eigenvalue weighted by atomic mass is 9.83. The highest BCUT2D eigenvalue weighted by Gasteiger charge is 2.32. The molecule has 0 radical (unpaired) electrons. The molecule has 1 N–H and O–H groups in total. The second kappa shape index (κ2) is 5.10. The van der Waals surface area contributed by atoms with Crippen molar-refractivity contribution in [2.24, 2.45) is 0 Å². The van der Waals surface area contributed by atoms with E-state index < -0.39 is 11.4 Å². The normalized spacial score (nSPS) is 14.2. The fourth-order valence-corrected chi connectivity index (χ4v) is 2.25. The summed E-state index contributed by atoms with van der Waals surface area (Å²) in [5.74, 6) is -0.801. The van der Waals surface area contributed by atoms with E-state index in [9.17, 15) is 13.9 Å². The van der Waals surface area contributed by atoms with Gasteiger partial charge in [0.25, 0.3) is 0 Å². The van der Waals surface area contributed by atoms with Crippen LogP contribution in [0.5, 0.6) is 0 Å². The van der Waals surface area contributed by atoms with Gasteiger partial charge in [0, 0.05) is 5.56 Å². The lowest BCUT2D eigenvalue weighted by molar-refractivity contribution is 0.0724. The van der Waals surface area contributed by atoms with Gasteiger partial charge in [0.15, 0.2) is 0 Å². The smallest absolute Gasteiger partial charge is 0.129 e. The molecule has 2 rings (SSSR count). The van der Waals surface area contributed by atoms with Crippen LogP contribution in [0.1, 0.15) is 30.0 Å². The minimum absolute atomic E-state index is 0.212. The van der Waals surface area contributed by atoms with Crippen LogP contribution in [0.25, 0.3) is 0 Å². The predicted octanol–water partition coefficient (Wildman–Crippen LogP) is 3.92. The molecule has 2 aromatic carbocycles. The van der Waals surface area contributed by atoms with Gasteiger partial charge in [-0.2, -0.15) is 0 Å². The first-order valence-electron chi connectivity index (χ1n) is 6.23. The highest BCUT2D eigenvalue weighted by atomic mass is 19.1. The molecule has 1 atom stereocenters. The molecule has 0 aliphatic carbocycles. The maximum atomic E-state index is 13.9. The lowest BCUT2D eigenvalue weighted by Gasteiger charge is -2.28. The van der Waals surface area contributed by atoms with E-state index in [1.54, 1.807) is 38.1 Å². The summed E-state index contributed by atoms with van der Waals surface area (Å²) in [5, 5.41) is 10.8. The maximum Gasteiger partial charge on any atom is 0.129 e. The second-order valence-electron chi connectivity index (χ2n) is 4.66. The molecule has 1 unspecified atom stereocenters. The third-order valence-corrected chi connectivity index (χ3v) is 3.47. The van der Waals surface area contributed by atoms with Gasteiger partial charge in [-0.15, -0.1) is 0 Å². The van der Waals surface area contributed by atoms with E-state index in [1.165, 1.54) is 18.2 Å². The topological polar surface area (TPSA) is 20.2 Å². The van der Waals surface area contributed by atoms with Crippen LogP contribution in [0.15, 0.2) is 42.5 Å². The lowest BCUT2D eigenvalue weighted by Crippen LogP contribution is -2.27. The Morgan fingerprint density at radius 3 is 2.32 bits per heavy atom. The number of halogens is 2. The summed E-state index contributed by atoms with van der Waals surface area (Å²) in [5.41, 5.74) is -0.299. The standard InChI is InChI=1S/C16H16F2O/c1-3-16(19,13-6-4-5-7-15(13)18)12-8-9-14(17)11(2)10-12/h4-10,19H,3H2,1-2H3. The van der Waals surface area contributed by atoms with Crippen LogP contribution in [0.4, 0.5) is 8.78 Å². The molecule has 0 aliphatic rings. The number of aryl methyl sites for hydroxylation is 1. The molecule has 1 nitrogen and oxygen atoms in total. The minimum atomic E-state index is -1.44. The van der Waals surface area contributed by atoms with Crippen LogP contribution >= 0.6 is 0 Å². The van der Waals surface area contributed by atoms with Gasteiger partial charge >= 0.3 is 0 Å². The first-order valence-corrected chi connectivity index (χ1v) is 6.23. The number of aliphatic hydroxyl groups is 1. The second-order valence-corrected chi connectivity index (χ2v) is 4.66. The SMILES string of the molecule is CCC(O)(c1ccc(F)c(C)c1)c1ccccc1F. The van der Waals surface area contributed by atoms with Gasteiger partial charge in [-0.05, 0) is 42.7 Å². The van der Waals surface area contributed by atoms with Gasteiger partial charge in [-0.1, -0.05) is 31.2 Å². The molecule has 0 saturated heterocycles. The molecule has 0 spiro atoms. The number of hydrogen-bond donors (Lipinski definition) is 1. The number of benzene rings is 2. The highest BCUT2D eigenvalue weighted by molar-refractivity contribution is 5.38. The summed E-state index contributed by atoms with van der Waals surface area (Å²) < 4.78 is 27.2. The number of hydrogen-bond acceptors (Lipinski definition) is 1. The van der Waals surface area contributed by atoms with Gasteiger partial charge < -0.3 is 5.11 Å². The third kappa shape index (κ3) is 2.38. The fourth-order valence-electron chi connectivity index (χ4n) is 2.25. The van der Waals surface area contributed by atoms with Crippen molar-refractivity contribution >= 4 is 0 Å². The molecule has 0 amide bonds. The molecule has 19 heavy (non-hydrogen) atoms. The molecule has 0 heterocycles. The van der Waals surface area contributed by atoms with E-state index in [1.807, 2.05) is 0 Å². The summed E-state index contributed by atoms with van der Waals surface area (Å²) in [6.45, 7) is 3.39. The monoisotopic (exact) mass is 262 g/mol. The maximum absolute atomic E-state index is 13.9. The molecule has 0 aromatic heterocycles. The summed E-state index contributed by atoms with van der Waals surface area (Å²) in [6, 6.07) is 10.5. The van der Waals surface area contributed by atoms with E-state index in [0.29, 0.717) is 17.5 Å². The van der Waals surface area contributed by atoms with Crippen LogP contribution in [0, 0.1) is 18.6 Å². The van der Waals surface area contributed by atoms with Crippen LogP contribution in [-0.4, -0.2) is 5.11 Å². The zero-order valence-corrected chi connectivity index (χ0v) is 11.0. The Bertz CT molecular complexity index is 595. The molecule has 2 aromatic rings. The van der Waals surface area contributed by atoms with Crippen LogP contribution in [-0.2, 0) is 5.60 Å². The minimum Gasteiger partial charge on any atom is -0.380 e. The van der Waals surface area contributed by atoms with Gasteiger partial charge in [0.1, 0.15) is 17.2 Å².